The van der Waals surface area contributed by atoms with Crippen LogP contribution in [0.5, 0.6) is 0 Å². The van der Waals surface area contributed by atoms with Crippen molar-refractivity contribution in [3.05, 3.63) is 29.8 Å². The minimum Gasteiger partial charge on any atom is -0.459 e. The molecule has 5 nitrogen and oxygen atoms in total. The monoisotopic (exact) mass is 291 g/mol. The summed E-state index contributed by atoms with van der Waals surface area (Å²) in [5, 5.41) is 7.86. The van der Waals surface area contributed by atoms with Crippen LogP contribution in [-0.4, -0.2) is 54.6 Å². The summed E-state index contributed by atoms with van der Waals surface area (Å²) in [4.78, 5) is 16.0. The van der Waals surface area contributed by atoms with E-state index in [4.69, 9.17) is 10.1 Å². The zero-order valence-corrected chi connectivity index (χ0v) is 12.3. The van der Waals surface area contributed by atoms with Crippen LogP contribution < -0.4 is 4.90 Å². The van der Waals surface area contributed by atoms with E-state index in [-0.39, 0.29) is 24.1 Å². The molecule has 0 radical (unpaired) electrons. The highest BCUT2D eigenvalue weighted by molar-refractivity contribution is 7.99. The van der Waals surface area contributed by atoms with Gasteiger partial charge in [0.15, 0.2) is 0 Å². The van der Waals surface area contributed by atoms with Gasteiger partial charge in [0.25, 0.3) is 11.9 Å². The Balaban J connectivity index is 1.83. The molecule has 2 aliphatic heterocycles. The van der Waals surface area contributed by atoms with Crippen molar-refractivity contribution in [1.82, 2.24) is 4.90 Å². The fourth-order valence-electron chi connectivity index (χ4n) is 2.51. The molecule has 0 bridgehead atoms. The molecule has 0 aliphatic carbocycles. The fourth-order valence-corrected chi connectivity index (χ4v) is 3.78. The molecule has 2 fully saturated rings. The molecule has 2 aliphatic rings. The lowest BCUT2D eigenvalue weighted by atomic mass is 10.1. The lowest BCUT2D eigenvalue weighted by Crippen LogP contribution is -2.41. The zero-order chi connectivity index (χ0) is 14.3. The Bertz CT molecular complexity index is 544. The molecule has 1 aromatic rings. The van der Waals surface area contributed by atoms with Crippen molar-refractivity contribution in [3.8, 4) is 0 Å². The van der Waals surface area contributed by atoms with Crippen molar-refractivity contribution in [2.45, 2.75) is 12.1 Å². The fraction of sp³-hybridized carbons (Fsp3) is 0.429. The van der Waals surface area contributed by atoms with Gasteiger partial charge in [0.2, 0.25) is 0 Å². The van der Waals surface area contributed by atoms with Gasteiger partial charge in [-0.25, -0.2) is 0 Å². The number of ether oxygens (including phenoxy) is 1. The van der Waals surface area contributed by atoms with E-state index < -0.39 is 0 Å². The molecule has 20 heavy (non-hydrogen) atoms. The minimum atomic E-state index is -0.143. The molecule has 1 N–H and O–H groups in total. The molecule has 106 valence electrons. The maximum absolute atomic E-state index is 12.6. The summed E-state index contributed by atoms with van der Waals surface area (Å²) in [5.41, 5.74) is 1.64. The van der Waals surface area contributed by atoms with Crippen molar-refractivity contribution < 1.29 is 9.53 Å². The number of thioether (sulfide) groups is 1. The number of nitrogens with one attached hydrogen (secondary N) is 1. The first kappa shape index (κ1) is 13.3. The number of rotatable bonds is 2. The third kappa shape index (κ3) is 2.14. The van der Waals surface area contributed by atoms with E-state index >= 15 is 0 Å². The van der Waals surface area contributed by atoms with Crippen LogP contribution in [0.3, 0.4) is 0 Å². The average Bonchev–Trinajstić information content (AvgIpc) is 2.98. The molecular formula is C14H17N3O2S. The number of anilines is 1. The quantitative estimate of drug-likeness (QED) is 0.900. The van der Waals surface area contributed by atoms with Crippen LogP contribution in [0, 0.1) is 5.41 Å². The second kappa shape index (κ2) is 5.01. The summed E-state index contributed by atoms with van der Waals surface area (Å²) in [7, 11) is 3.92. The van der Waals surface area contributed by atoms with Gasteiger partial charge in [-0.1, -0.05) is 0 Å². The second-order valence-electron chi connectivity index (χ2n) is 5.18. The van der Waals surface area contributed by atoms with Gasteiger partial charge in [-0.15, -0.1) is 0 Å². The molecule has 0 aromatic heterocycles. The van der Waals surface area contributed by atoms with Gasteiger partial charge in [0.1, 0.15) is 6.10 Å². The predicted molar refractivity (Wildman–Crippen MR) is 80.7 cm³/mol. The summed E-state index contributed by atoms with van der Waals surface area (Å²) in [6, 6.07) is 7.43. The molecule has 0 unspecified atom stereocenters. The molecular weight excluding hydrogens is 274 g/mol. The SMILES string of the molecule is CN(C)c1ccc(C(=O)N2C(=N)O[C@@H]3CSC[C@H]32)cc1. The highest BCUT2D eigenvalue weighted by Gasteiger charge is 2.46. The lowest BCUT2D eigenvalue weighted by Gasteiger charge is -2.20. The van der Waals surface area contributed by atoms with Crippen LogP contribution in [-0.2, 0) is 4.74 Å². The number of carbonyl (C=O) groups excluding carboxylic acids is 1. The van der Waals surface area contributed by atoms with Crippen molar-refractivity contribution in [2.75, 3.05) is 30.5 Å². The summed E-state index contributed by atoms with van der Waals surface area (Å²) in [5.74, 6) is 1.56. The lowest BCUT2D eigenvalue weighted by molar-refractivity contribution is 0.0823. The number of benzene rings is 1. The van der Waals surface area contributed by atoms with E-state index in [9.17, 15) is 4.79 Å². The van der Waals surface area contributed by atoms with Gasteiger partial charge in [0.05, 0.1) is 6.04 Å². The van der Waals surface area contributed by atoms with Gasteiger partial charge < -0.3 is 9.64 Å². The maximum atomic E-state index is 12.6. The van der Waals surface area contributed by atoms with Crippen LogP contribution in [0.2, 0.25) is 0 Å². The number of amides is 1. The van der Waals surface area contributed by atoms with Crippen LogP contribution in [0.1, 0.15) is 10.4 Å². The zero-order valence-electron chi connectivity index (χ0n) is 11.5. The Morgan fingerprint density at radius 2 is 2.05 bits per heavy atom. The number of fused-ring (bicyclic) bond motifs is 1. The number of nitrogens with zero attached hydrogens (tertiary/aromatic N) is 2. The van der Waals surface area contributed by atoms with E-state index in [1.165, 1.54) is 4.90 Å². The largest absolute Gasteiger partial charge is 0.459 e. The summed E-state index contributed by atoms with van der Waals surface area (Å²) >= 11 is 1.77. The van der Waals surface area contributed by atoms with Gasteiger partial charge in [-0.3, -0.25) is 15.1 Å². The van der Waals surface area contributed by atoms with Crippen LogP contribution in [0.25, 0.3) is 0 Å². The Kier molecular flexibility index (Phi) is 3.33. The molecule has 2 atom stereocenters. The first-order valence-corrected chi connectivity index (χ1v) is 7.67. The first-order chi connectivity index (χ1) is 9.58. The molecule has 6 heteroatoms. The van der Waals surface area contributed by atoms with E-state index in [0.717, 1.165) is 17.2 Å². The van der Waals surface area contributed by atoms with E-state index in [0.29, 0.717) is 5.56 Å². The number of carbonyl (C=O) groups is 1. The van der Waals surface area contributed by atoms with Crippen LogP contribution in [0.15, 0.2) is 24.3 Å². The summed E-state index contributed by atoms with van der Waals surface area (Å²) in [6.45, 7) is 0. The van der Waals surface area contributed by atoms with Gasteiger partial charge in [0, 0.05) is 36.9 Å². The predicted octanol–water partition coefficient (Wildman–Crippen LogP) is 1.64. The topological polar surface area (TPSA) is 56.6 Å². The maximum Gasteiger partial charge on any atom is 0.292 e. The smallest absolute Gasteiger partial charge is 0.292 e. The minimum absolute atomic E-state index is 0.00789. The van der Waals surface area contributed by atoms with Crippen molar-refractivity contribution in [1.29, 1.82) is 5.41 Å². The molecule has 1 aromatic carbocycles. The molecule has 1 amide bonds. The standard InChI is InChI=1S/C14H17N3O2S/c1-16(2)10-5-3-9(4-6-10)13(18)17-11-7-20-8-12(11)19-14(17)15/h3-6,11-12,15H,7-8H2,1-2H3/t11-,12-/m1/s1. The van der Waals surface area contributed by atoms with E-state index in [1.807, 2.05) is 31.1 Å². The third-order valence-corrected chi connectivity index (χ3v) is 4.80. The molecule has 2 saturated heterocycles. The molecule has 0 spiro atoms. The van der Waals surface area contributed by atoms with Crippen molar-refractivity contribution >= 4 is 29.4 Å². The molecule has 0 saturated carbocycles. The van der Waals surface area contributed by atoms with Gasteiger partial charge in [-0.2, -0.15) is 11.8 Å². The van der Waals surface area contributed by atoms with Gasteiger partial charge >= 0.3 is 0 Å². The molecule has 2 heterocycles. The average molecular weight is 291 g/mol. The highest BCUT2D eigenvalue weighted by atomic mass is 32.2. The Morgan fingerprint density at radius 3 is 2.70 bits per heavy atom. The van der Waals surface area contributed by atoms with E-state index in [2.05, 4.69) is 0 Å². The van der Waals surface area contributed by atoms with Crippen molar-refractivity contribution in [2.24, 2.45) is 0 Å². The Hall–Kier alpha value is -1.69. The van der Waals surface area contributed by atoms with Crippen LogP contribution >= 0.6 is 11.8 Å². The van der Waals surface area contributed by atoms with Gasteiger partial charge in [-0.05, 0) is 24.3 Å². The number of hydrogen-bond acceptors (Lipinski definition) is 5. The van der Waals surface area contributed by atoms with E-state index in [1.54, 1.807) is 23.9 Å². The first-order valence-electron chi connectivity index (χ1n) is 6.52. The summed E-state index contributed by atoms with van der Waals surface area (Å²) < 4.78 is 5.46. The normalized spacial score (nSPS) is 24.5. The Morgan fingerprint density at radius 1 is 1.35 bits per heavy atom. The second-order valence-corrected chi connectivity index (χ2v) is 6.26. The number of amidine groups is 1. The van der Waals surface area contributed by atoms with Crippen molar-refractivity contribution in [3.63, 3.8) is 0 Å². The summed E-state index contributed by atoms with van der Waals surface area (Å²) in [6.07, 6.45) is -0.0162. The molecule has 3 rings (SSSR count). The highest BCUT2D eigenvalue weighted by Crippen LogP contribution is 2.32. The van der Waals surface area contributed by atoms with Crippen LogP contribution in [0.4, 0.5) is 5.69 Å². The third-order valence-electron chi connectivity index (χ3n) is 3.66. The number of hydrogen-bond donors (Lipinski definition) is 1. The Labute approximate surface area is 122 Å².